The van der Waals surface area contributed by atoms with Crippen LogP contribution in [0.2, 0.25) is 6.82 Å². The minimum Gasteiger partial charge on any atom is -0.346 e. The summed E-state index contributed by atoms with van der Waals surface area (Å²) in [5.41, 5.74) is 2.26. The Morgan fingerprint density at radius 1 is 1.55 bits per heavy atom. The van der Waals surface area contributed by atoms with Gasteiger partial charge in [-0.1, -0.05) is 18.4 Å². The summed E-state index contributed by atoms with van der Waals surface area (Å²) in [5.74, 6) is 0. The van der Waals surface area contributed by atoms with Crippen LogP contribution < -0.4 is 5.46 Å². The van der Waals surface area contributed by atoms with E-state index in [1.807, 2.05) is 18.5 Å². The average molecular weight is 144 g/mol. The fraction of sp³-hybridized carbons (Fsp3) is 0.125. The van der Waals surface area contributed by atoms with Crippen molar-refractivity contribution in [2.75, 3.05) is 0 Å². The van der Waals surface area contributed by atoms with Crippen LogP contribution in [-0.2, 0) is 0 Å². The van der Waals surface area contributed by atoms with Crippen molar-refractivity contribution in [3.05, 3.63) is 24.5 Å². The zero-order chi connectivity index (χ0) is 7.68. The van der Waals surface area contributed by atoms with E-state index in [1.54, 1.807) is 0 Å². The van der Waals surface area contributed by atoms with Gasteiger partial charge in [-0.3, -0.25) is 0 Å². The summed E-state index contributed by atoms with van der Waals surface area (Å²) in [6.45, 7) is 2.13. The molecule has 2 aromatic rings. The van der Waals surface area contributed by atoms with Gasteiger partial charge in [0.1, 0.15) is 5.65 Å². The lowest BCUT2D eigenvalue weighted by atomic mass is 9.74. The molecule has 1 N–H and O–H groups in total. The average Bonchev–Trinajstić information content (AvgIpc) is 2.50. The van der Waals surface area contributed by atoms with E-state index in [2.05, 4.69) is 22.9 Å². The molecule has 0 saturated carbocycles. The van der Waals surface area contributed by atoms with Crippen molar-refractivity contribution in [2.45, 2.75) is 6.82 Å². The first kappa shape index (κ1) is 6.46. The molecule has 2 nitrogen and oxygen atoms in total. The lowest BCUT2D eigenvalue weighted by molar-refractivity contribution is 1.34. The molecule has 54 valence electrons. The molecular formula is C8H9BN2. The molecule has 2 aromatic heterocycles. The number of aromatic amines is 1. The maximum Gasteiger partial charge on any atom is 0.156 e. The zero-order valence-corrected chi connectivity index (χ0v) is 6.46. The lowest BCUT2D eigenvalue weighted by Crippen LogP contribution is -2.10. The first-order chi connectivity index (χ1) is 5.40. The van der Waals surface area contributed by atoms with Gasteiger partial charge < -0.3 is 4.98 Å². The minimum atomic E-state index is 0.974. The third-order valence-electron chi connectivity index (χ3n) is 1.86. The molecule has 2 rings (SSSR count). The zero-order valence-electron chi connectivity index (χ0n) is 6.46. The largest absolute Gasteiger partial charge is 0.346 e. The lowest BCUT2D eigenvalue weighted by Gasteiger charge is -1.93. The molecule has 0 bridgehead atoms. The Hall–Kier alpha value is -1.25. The van der Waals surface area contributed by atoms with E-state index in [-0.39, 0.29) is 0 Å². The molecule has 0 aromatic carbocycles. The van der Waals surface area contributed by atoms with Crippen LogP contribution in [0.3, 0.4) is 0 Å². The summed E-state index contributed by atoms with van der Waals surface area (Å²) < 4.78 is 0. The first-order valence-electron chi connectivity index (χ1n) is 3.82. The van der Waals surface area contributed by atoms with Crippen molar-refractivity contribution in [3.8, 4) is 0 Å². The van der Waals surface area contributed by atoms with Gasteiger partial charge in [0.25, 0.3) is 0 Å². The maximum atomic E-state index is 4.26. The van der Waals surface area contributed by atoms with E-state index in [1.165, 1.54) is 10.8 Å². The van der Waals surface area contributed by atoms with Crippen molar-refractivity contribution >= 4 is 23.8 Å². The summed E-state index contributed by atoms with van der Waals surface area (Å²) in [5, 5.41) is 1.20. The second-order valence-corrected chi connectivity index (χ2v) is 2.61. The van der Waals surface area contributed by atoms with E-state index < -0.39 is 0 Å². The van der Waals surface area contributed by atoms with Crippen molar-refractivity contribution in [2.24, 2.45) is 0 Å². The van der Waals surface area contributed by atoms with Gasteiger partial charge in [-0.05, 0) is 6.07 Å². The summed E-state index contributed by atoms with van der Waals surface area (Å²) in [7, 11) is 1.05. The molecule has 0 saturated heterocycles. The highest BCUT2D eigenvalue weighted by Crippen LogP contribution is 2.04. The van der Waals surface area contributed by atoms with Gasteiger partial charge in [0.05, 0.1) is 0 Å². The summed E-state index contributed by atoms with van der Waals surface area (Å²) in [4.78, 5) is 7.32. The predicted molar refractivity (Wildman–Crippen MR) is 48.7 cm³/mol. The molecule has 0 atom stereocenters. The second kappa shape index (κ2) is 2.42. The van der Waals surface area contributed by atoms with E-state index in [4.69, 9.17) is 0 Å². The second-order valence-electron chi connectivity index (χ2n) is 2.61. The van der Waals surface area contributed by atoms with Crippen LogP contribution in [0.15, 0.2) is 24.5 Å². The molecular weight excluding hydrogens is 135 g/mol. The monoisotopic (exact) mass is 144 g/mol. The van der Waals surface area contributed by atoms with Crippen LogP contribution in [0, 0.1) is 0 Å². The molecule has 0 aliphatic carbocycles. The fourth-order valence-corrected chi connectivity index (χ4v) is 1.18. The normalized spacial score (nSPS) is 10.3. The molecule has 0 radical (unpaired) electrons. The van der Waals surface area contributed by atoms with Crippen LogP contribution in [0.5, 0.6) is 0 Å². The first-order valence-corrected chi connectivity index (χ1v) is 3.82. The van der Waals surface area contributed by atoms with E-state index in [0.29, 0.717) is 0 Å². The number of H-pyrrole nitrogens is 1. The Morgan fingerprint density at radius 2 is 2.45 bits per heavy atom. The van der Waals surface area contributed by atoms with Gasteiger partial charge in [0.15, 0.2) is 7.28 Å². The number of hydrogen-bond donors (Lipinski definition) is 1. The highest BCUT2D eigenvalue weighted by Gasteiger charge is 1.95. The minimum absolute atomic E-state index is 0.974. The summed E-state index contributed by atoms with van der Waals surface area (Å²) >= 11 is 0. The highest BCUT2D eigenvalue weighted by atomic mass is 14.8. The Labute approximate surface area is 65.9 Å². The Balaban J connectivity index is 2.67. The molecule has 0 amide bonds. The number of hydrogen-bond acceptors (Lipinski definition) is 1. The van der Waals surface area contributed by atoms with Gasteiger partial charge >= 0.3 is 0 Å². The smallest absolute Gasteiger partial charge is 0.156 e. The van der Waals surface area contributed by atoms with E-state index in [0.717, 1.165) is 12.9 Å². The van der Waals surface area contributed by atoms with E-state index in [9.17, 15) is 0 Å². The molecule has 0 aliphatic heterocycles. The van der Waals surface area contributed by atoms with Crippen molar-refractivity contribution < 1.29 is 0 Å². The predicted octanol–water partition coefficient (Wildman–Crippen LogP) is 0.673. The quantitative estimate of drug-likeness (QED) is 0.585. The van der Waals surface area contributed by atoms with Gasteiger partial charge in [0.2, 0.25) is 0 Å². The Bertz CT molecular complexity index is 367. The van der Waals surface area contributed by atoms with Gasteiger partial charge in [0, 0.05) is 17.8 Å². The van der Waals surface area contributed by atoms with Gasteiger partial charge in [-0.2, -0.15) is 0 Å². The number of pyridine rings is 1. The number of nitrogens with one attached hydrogen (secondary N) is 1. The third-order valence-corrected chi connectivity index (χ3v) is 1.86. The van der Waals surface area contributed by atoms with Gasteiger partial charge in [-0.15, -0.1) is 0 Å². The molecule has 3 heteroatoms. The van der Waals surface area contributed by atoms with E-state index >= 15 is 0 Å². The van der Waals surface area contributed by atoms with Crippen LogP contribution >= 0.6 is 0 Å². The number of aromatic nitrogens is 2. The fourth-order valence-electron chi connectivity index (χ4n) is 1.18. The van der Waals surface area contributed by atoms with Crippen LogP contribution in [-0.4, -0.2) is 17.2 Å². The van der Waals surface area contributed by atoms with Crippen LogP contribution in [0.25, 0.3) is 11.0 Å². The molecule has 0 unspecified atom stereocenters. The molecule has 0 aliphatic rings. The molecule has 0 fully saturated rings. The number of nitrogens with zero attached hydrogens (tertiary/aromatic N) is 1. The Kier molecular flexibility index (Phi) is 1.42. The maximum absolute atomic E-state index is 4.26. The summed E-state index contributed by atoms with van der Waals surface area (Å²) in [6, 6.07) is 4.21. The SMILES string of the molecule is CBc1cnc2[nH]ccc2c1. The standard InChI is InChI=1S/C8H9BN2/c1-9-7-4-6-2-3-10-8(6)11-5-7/h2-5,9H,1H3,(H,10,11). The van der Waals surface area contributed by atoms with Gasteiger partial charge in [-0.25, -0.2) is 4.98 Å². The number of rotatable bonds is 1. The summed E-state index contributed by atoms with van der Waals surface area (Å²) in [6.07, 6.45) is 3.83. The third kappa shape index (κ3) is 1.02. The number of fused-ring (bicyclic) bond motifs is 1. The van der Waals surface area contributed by atoms with Crippen molar-refractivity contribution in [1.82, 2.24) is 9.97 Å². The van der Waals surface area contributed by atoms with Crippen LogP contribution in [0.1, 0.15) is 0 Å². The highest BCUT2D eigenvalue weighted by molar-refractivity contribution is 6.52. The topological polar surface area (TPSA) is 28.7 Å². The van der Waals surface area contributed by atoms with Crippen molar-refractivity contribution in [3.63, 3.8) is 0 Å². The molecule has 11 heavy (non-hydrogen) atoms. The van der Waals surface area contributed by atoms with Crippen LogP contribution in [0.4, 0.5) is 0 Å². The molecule has 0 spiro atoms. The van der Waals surface area contributed by atoms with Crippen molar-refractivity contribution in [1.29, 1.82) is 0 Å². The Morgan fingerprint density at radius 3 is 3.27 bits per heavy atom. The molecule has 2 heterocycles.